The van der Waals surface area contributed by atoms with Crippen molar-refractivity contribution in [3.05, 3.63) is 40.9 Å². The van der Waals surface area contributed by atoms with Gasteiger partial charge in [0, 0.05) is 10.9 Å². The third-order valence-electron chi connectivity index (χ3n) is 1.81. The summed E-state index contributed by atoms with van der Waals surface area (Å²) in [5, 5.41) is 2.30. The van der Waals surface area contributed by atoms with E-state index in [1.165, 1.54) is 5.22 Å². The van der Waals surface area contributed by atoms with Crippen molar-refractivity contribution in [1.29, 1.82) is 0 Å². The Labute approximate surface area is 71.1 Å². The highest BCUT2D eigenvalue weighted by atomic mass is 14.7. The number of hydrogen-bond acceptors (Lipinski definition) is 1. The molecule has 12 heavy (non-hydrogen) atoms. The van der Waals surface area contributed by atoms with Crippen LogP contribution in [0, 0.1) is 0 Å². The zero-order valence-corrected chi connectivity index (χ0v) is 6.91. The van der Waals surface area contributed by atoms with Crippen molar-refractivity contribution in [3.8, 4) is 0 Å². The SMILES string of the molecule is CC1=NC=C=c2ccccc2=C1. The Kier molecular flexibility index (Phi) is 1.65. The van der Waals surface area contributed by atoms with Crippen LogP contribution in [0.15, 0.2) is 35.5 Å². The van der Waals surface area contributed by atoms with Crippen LogP contribution in [0.4, 0.5) is 0 Å². The minimum atomic E-state index is 1.02. The predicted molar refractivity (Wildman–Crippen MR) is 51.2 cm³/mol. The third-order valence-corrected chi connectivity index (χ3v) is 1.81. The molecule has 0 amide bonds. The lowest BCUT2D eigenvalue weighted by Gasteiger charge is -1.86. The van der Waals surface area contributed by atoms with E-state index in [9.17, 15) is 0 Å². The smallest absolute Gasteiger partial charge is 0.0696 e. The van der Waals surface area contributed by atoms with Crippen molar-refractivity contribution in [2.24, 2.45) is 4.99 Å². The van der Waals surface area contributed by atoms with E-state index in [2.05, 4.69) is 22.9 Å². The second-order valence-corrected chi connectivity index (χ2v) is 2.78. The molecule has 0 saturated heterocycles. The standard InChI is InChI=1S/C11H9N/c1-9-8-11-5-3-2-4-10(11)6-7-12-9/h2-5,7-8H,1H3. The summed E-state index contributed by atoms with van der Waals surface area (Å²) in [5.74, 6) is 0. The molecule has 0 aliphatic carbocycles. The van der Waals surface area contributed by atoms with E-state index in [1.807, 2.05) is 25.1 Å². The van der Waals surface area contributed by atoms with Crippen molar-refractivity contribution < 1.29 is 0 Å². The lowest BCUT2D eigenvalue weighted by Crippen LogP contribution is -2.22. The molecule has 2 rings (SSSR count). The number of fused-ring (bicyclic) bond motifs is 1. The third kappa shape index (κ3) is 1.23. The van der Waals surface area contributed by atoms with Crippen LogP contribution >= 0.6 is 0 Å². The van der Waals surface area contributed by atoms with E-state index in [1.54, 1.807) is 6.20 Å². The van der Waals surface area contributed by atoms with Crippen LogP contribution in [-0.2, 0) is 0 Å². The van der Waals surface area contributed by atoms with Gasteiger partial charge < -0.3 is 0 Å². The predicted octanol–water partition coefficient (Wildman–Crippen LogP) is 0.835. The molecule has 1 aromatic rings. The van der Waals surface area contributed by atoms with Gasteiger partial charge in [0.15, 0.2) is 0 Å². The Balaban J connectivity index is 2.92. The van der Waals surface area contributed by atoms with Gasteiger partial charge >= 0.3 is 0 Å². The molecule has 1 aliphatic heterocycles. The number of aliphatic imine (C=N–C) groups is 1. The van der Waals surface area contributed by atoms with Gasteiger partial charge in [0.1, 0.15) is 0 Å². The fourth-order valence-electron chi connectivity index (χ4n) is 1.22. The highest BCUT2D eigenvalue weighted by Gasteiger charge is 1.87. The molecule has 1 aliphatic rings. The molecular weight excluding hydrogens is 146 g/mol. The first-order chi connectivity index (χ1) is 5.86. The first kappa shape index (κ1) is 7.08. The first-order valence-electron chi connectivity index (χ1n) is 3.93. The molecule has 58 valence electrons. The molecule has 0 spiro atoms. The molecule has 0 fully saturated rings. The molecule has 0 atom stereocenters. The number of hydrogen-bond donors (Lipinski definition) is 0. The van der Waals surface area contributed by atoms with Gasteiger partial charge in [-0.2, -0.15) is 0 Å². The van der Waals surface area contributed by atoms with Crippen LogP contribution in [0.5, 0.6) is 0 Å². The summed E-state index contributed by atoms with van der Waals surface area (Å²) in [4.78, 5) is 4.16. The van der Waals surface area contributed by atoms with Gasteiger partial charge in [0.2, 0.25) is 0 Å². The molecular formula is C11H9N. The van der Waals surface area contributed by atoms with E-state index in [0.29, 0.717) is 0 Å². The largest absolute Gasteiger partial charge is 0.253 e. The van der Waals surface area contributed by atoms with Crippen molar-refractivity contribution in [2.75, 3.05) is 0 Å². The van der Waals surface area contributed by atoms with E-state index < -0.39 is 0 Å². The second kappa shape index (κ2) is 2.80. The maximum Gasteiger partial charge on any atom is 0.0696 e. The zero-order valence-electron chi connectivity index (χ0n) is 6.91. The summed E-state index contributed by atoms with van der Waals surface area (Å²) in [6, 6.07) is 8.14. The topological polar surface area (TPSA) is 12.4 Å². The summed E-state index contributed by atoms with van der Waals surface area (Å²) in [6.45, 7) is 1.99. The Hall–Kier alpha value is -1.59. The molecule has 1 heterocycles. The van der Waals surface area contributed by atoms with E-state index in [0.717, 1.165) is 10.9 Å². The lowest BCUT2D eigenvalue weighted by molar-refractivity contribution is 1.53. The van der Waals surface area contributed by atoms with Crippen molar-refractivity contribution in [1.82, 2.24) is 0 Å². The van der Waals surface area contributed by atoms with E-state index in [4.69, 9.17) is 0 Å². The Morgan fingerprint density at radius 3 is 3.00 bits per heavy atom. The minimum absolute atomic E-state index is 1.02. The fourth-order valence-corrected chi connectivity index (χ4v) is 1.22. The van der Waals surface area contributed by atoms with Gasteiger partial charge in [-0.05, 0) is 24.3 Å². The summed E-state index contributed by atoms with van der Waals surface area (Å²) in [6.07, 6.45) is 3.78. The summed E-state index contributed by atoms with van der Waals surface area (Å²) in [7, 11) is 0. The molecule has 0 unspecified atom stereocenters. The van der Waals surface area contributed by atoms with Gasteiger partial charge in [0.05, 0.1) is 6.20 Å². The van der Waals surface area contributed by atoms with Crippen molar-refractivity contribution in [3.63, 3.8) is 0 Å². The Morgan fingerprint density at radius 1 is 1.25 bits per heavy atom. The van der Waals surface area contributed by atoms with Gasteiger partial charge in [-0.3, -0.25) is 4.99 Å². The summed E-state index contributed by atoms with van der Waals surface area (Å²) in [5.41, 5.74) is 4.13. The molecule has 0 radical (unpaired) electrons. The summed E-state index contributed by atoms with van der Waals surface area (Å²) >= 11 is 0. The number of nitrogens with zero attached hydrogens (tertiary/aromatic N) is 1. The molecule has 0 N–H and O–H groups in total. The average molecular weight is 155 g/mol. The first-order valence-corrected chi connectivity index (χ1v) is 3.93. The number of rotatable bonds is 0. The lowest BCUT2D eigenvalue weighted by atomic mass is 10.2. The van der Waals surface area contributed by atoms with Crippen LogP contribution in [0.25, 0.3) is 11.8 Å². The minimum Gasteiger partial charge on any atom is -0.253 e. The van der Waals surface area contributed by atoms with E-state index >= 15 is 0 Å². The fraction of sp³-hybridized carbons (Fsp3) is 0.0909. The average Bonchev–Trinajstić information content (AvgIpc) is 2.25. The highest BCUT2D eigenvalue weighted by Crippen LogP contribution is 1.83. The van der Waals surface area contributed by atoms with E-state index in [-0.39, 0.29) is 0 Å². The number of benzene rings is 1. The van der Waals surface area contributed by atoms with Crippen molar-refractivity contribution >= 4 is 17.5 Å². The van der Waals surface area contributed by atoms with Crippen LogP contribution in [-0.4, -0.2) is 5.71 Å². The molecule has 0 bridgehead atoms. The van der Waals surface area contributed by atoms with Crippen LogP contribution < -0.4 is 10.4 Å². The molecule has 0 saturated carbocycles. The maximum absolute atomic E-state index is 4.16. The van der Waals surface area contributed by atoms with Crippen molar-refractivity contribution in [2.45, 2.75) is 6.92 Å². The second-order valence-electron chi connectivity index (χ2n) is 2.78. The molecule has 1 nitrogen and oxygen atoms in total. The summed E-state index contributed by atoms with van der Waals surface area (Å²) < 4.78 is 0. The van der Waals surface area contributed by atoms with Gasteiger partial charge in [-0.25, -0.2) is 0 Å². The van der Waals surface area contributed by atoms with Gasteiger partial charge in [0.25, 0.3) is 0 Å². The monoisotopic (exact) mass is 155 g/mol. The molecule has 1 heteroatoms. The molecule has 0 aromatic heterocycles. The highest BCUT2D eigenvalue weighted by molar-refractivity contribution is 6.09. The quantitative estimate of drug-likeness (QED) is 0.526. The van der Waals surface area contributed by atoms with Crippen LogP contribution in [0.3, 0.4) is 0 Å². The van der Waals surface area contributed by atoms with Gasteiger partial charge in [-0.15, -0.1) is 0 Å². The van der Waals surface area contributed by atoms with Crippen LogP contribution in [0.1, 0.15) is 6.92 Å². The maximum atomic E-state index is 4.16. The molecule has 1 aromatic carbocycles. The zero-order chi connectivity index (χ0) is 8.39. The Bertz CT molecular complexity index is 474. The Morgan fingerprint density at radius 2 is 2.08 bits per heavy atom. The van der Waals surface area contributed by atoms with Crippen LogP contribution in [0.2, 0.25) is 0 Å². The normalized spacial score (nSPS) is 13.6. The van der Waals surface area contributed by atoms with Gasteiger partial charge in [-0.1, -0.05) is 23.9 Å².